The molecule has 0 aromatic heterocycles. The quantitative estimate of drug-likeness (QED) is 0.642. The normalized spacial score (nSPS) is 22.5. The van der Waals surface area contributed by atoms with E-state index >= 15 is 0 Å². The van der Waals surface area contributed by atoms with Crippen molar-refractivity contribution in [3.05, 3.63) is 24.0 Å². The Bertz CT molecular complexity index is 182. The third kappa shape index (κ3) is 1.76. The van der Waals surface area contributed by atoms with Crippen molar-refractivity contribution in [3.63, 3.8) is 0 Å². The van der Waals surface area contributed by atoms with Gasteiger partial charge < -0.3 is 10.2 Å². The lowest BCUT2D eigenvalue weighted by molar-refractivity contribution is 0.397. The Morgan fingerprint density at radius 2 is 2.36 bits per heavy atom. The van der Waals surface area contributed by atoms with Crippen LogP contribution in [0.2, 0.25) is 0 Å². The molecule has 1 unspecified atom stereocenters. The van der Waals surface area contributed by atoms with Crippen LogP contribution in [0.15, 0.2) is 24.0 Å². The minimum absolute atomic E-state index is 0.449. The Balaban J connectivity index is 2.67. The van der Waals surface area contributed by atoms with Crippen LogP contribution in [0, 0.1) is 0 Å². The summed E-state index contributed by atoms with van der Waals surface area (Å²) in [6.45, 7) is 5.39. The topological polar surface area (TPSA) is 15.3 Å². The lowest BCUT2D eigenvalue weighted by atomic mass is 10.1. The molecule has 1 aliphatic heterocycles. The van der Waals surface area contributed by atoms with Crippen LogP contribution in [-0.4, -0.2) is 24.5 Å². The van der Waals surface area contributed by atoms with Crippen molar-refractivity contribution >= 4 is 0 Å². The molecule has 0 spiro atoms. The molecular formula is C9H16N2. The second-order valence-electron chi connectivity index (χ2n) is 2.85. The Labute approximate surface area is 68.6 Å². The van der Waals surface area contributed by atoms with E-state index < -0.39 is 0 Å². The molecule has 62 valence electrons. The molecule has 0 aromatic rings. The second-order valence-corrected chi connectivity index (χ2v) is 2.85. The molecule has 1 N–H and O–H groups in total. The number of likely N-dealkylation sites (N-methyl/N-ethyl adjacent to an activating group) is 1. The van der Waals surface area contributed by atoms with Gasteiger partial charge in [-0.25, -0.2) is 0 Å². The number of allylic oxidation sites excluding steroid dienone is 2. The molecule has 0 saturated heterocycles. The highest BCUT2D eigenvalue weighted by Gasteiger charge is 2.11. The van der Waals surface area contributed by atoms with Crippen LogP contribution in [0.5, 0.6) is 0 Å². The summed E-state index contributed by atoms with van der Waals surface area (Å²) >= 11 is 0. The summed E-state index contributed by atoms with van der Waals surface area (Å²) in [5, 5.41) is 3.26. The van der Waals surface area contributed by atoms with Gasteiger partial charge in [-0.15, -0.1) is 0 Å². The van der Waals surface area contributed by atoms with Gasteiger partial charge in [0, 0.05) is 19.3 Å². The first-order valence-corrected chi connectivity index (χ1v) is 4.09. The van der Waals surface area contributed by atoms with Crippen LogP contribution in [0.3, 0.4) is 0 Å². The van der Waals surface area contributed by atoms with Gasteiger partial charge in [0.2, 0.25) is 0 Å². The molecule has 1 aliphatic rings. The van der Waals surface area contributed by atoms with Gasteiger partial charge in [-0.2, -0.15) is 0 Å². The molecule has 2 nitrogen and oxygen atoms in total. The second kappa shape index (κ2) is 3.46. The summed E-state index contributed by atoms with van der Waals surface area (Å²) < 4.78 is 0. The molecule has 0 radical (unpaired) electrons. The molecular weight excluding hydrogens is 136 g/mol. The third-order valence-corrected chi connectivity index (χ3v) is 2.07. The van der Waals surface area contributed by atoms with E-state index in [4.69, 9.17) is 0 Å². The summed E-state index contributed by atoms with van der Waals surface area (Å²) in [6.07, 6.45) is 6.18. The van der Waals surface area contributed by atoms with Crippen LogP contribution in [0.25, 0.3) is 0 Å². The molecule has 1 rings (SSSR count). The molecule has 1 atom stereocenters. The average Bonchev–Trinajstić information content (AvgIpc) is 2.04. The minimum atomic E-state index is 0.449. The maximum Gasteiger partial charge on any atom is 0.0628 e. The molecule has 1 heterocycles. The van der Waals surface area contributed by atoms with Crippen molar-refractivity contribution in [1.82, 2.24) is 10.2 Å². The van der Waals surface area contributed by atoms with Crippen molar-refractivity contribution < 1.29 is 0 Å². The first-order chi connectivity index (χ1) is 5.25. The van der Waals surface area contributed by atoms with E-state index in [9.17, 15) is 0 Å². The Kier molecular flexibility index (Phi) is 2.58. The fraction of sp³-hybridized carbons (Fsp3) is 0.556. The van der Waals surface area contributed by atoms with E-state index in [1.165, 1.54) is 5.70 Å². The molecule has 11 heavy (non-hydrogen) atoms. The first kappa shape index (κ1) is 8.18. The van der Waals surface area contributed by atoms with Crippen LogP contribution < -0.4 is 5.32 Å². The van der Waals surface area contributed by atoms with Gasteiger partial charge in [-0.1, -0.05) is 0 Å². The van der Waals surface area contributed by atoms with E-state index in [0.717, 1.165) is 6.54 Å². The number of nitrogens with one attached hydrogen (secondary N) is 1. The van der Waals surface area contributed by atoms with Gasteiger partial charge in [-0.3, -0.25) is 0 Å². The molecule has 0 amide bonds. The summed E-state index contributed by atoms with van der Waals surface area (Å²) in [7, 11) is 2.11. The van der Waals surface area contributed by atoms with Crippen LogP contribution in [0.1, 0.15) is 13.8 Å². The fourth-order valence-corrected chi connectivity index (χ4v) is 1.22. The molecule has 0 fully saturated rings. The summed E-state index contributed by atoms with van der Waals surface area (Å²) in [6, 6.07) is 0.449. The van der Waals surface area contributed by atoms with E-state index in [1.807, 2.05) is 12.3 Å². The number of hydrogen-bond acceptors (Lipinski definition) is 2. The van der Waals surface area contributed by atoms with Gasteiger partial charge in [-0.05, 0) is 32.2 Å². The maximum absolute atomic E-state index is 3.26. The van der Waals surface area contributed by atoms with E-state index in [2.05, 4.69) is 37.2 Å². The number of rotatable bonds is 2. The van der Waals surface area contributed by atoms with Crippen molar-refractivity contribution in [1.29, 1.82) is 0 Å². The molecule has 0 saturated carbocycles. The van der Waals surface area contributed by atoms with Gasteiger partial charge in [0.15, 0.2) is 0 Å². The third-order valence-electron chi connectivity index (χ3n) is 2.07. The molecule has 0 aromatic carbocycles. The van der Waals surface area contributed by atoms with E-state index in [0.29, 0.717) is 6.04 Å². The SMILES string of the molecule is CCN(C)C1=CC=CNC1C. The zero-order valence-electron chi connectivity index (χ0n) is 7.46. The number of dihydropyridines is 1. The Hall–Kier alpha value is -0.920. The highest BCUT2D eigenvalue weighted by atomic mass is 15.1. The van der Waals surface area contributed by atoms with E-state index in [1.54, 1.807) is 0 Å². The molecule has 0 bridgehead atoms. The van der Waals surface area contributed by atoms with Crippen LogP contribution >= 0.6 is 0 Å². The molecule has 0 aliphatic carbocycles. The van der Waals surface area contributed by atoms with Crippen LogP contribution in [0.4, 0.5) is 0 Å². The number of nitrogens with zero attached hydrogens (tertiary/aromatic N) is 1. The maximum atomic E-state index is 3.26. The lowest BCUT2D eigenvalue weighted by Gasteiger charge is -2.27. The lowest BCUT2D eigenvalue weighted by Crippen LogP contribution is -2.34. The van der Waals surface area contributed by atoms with Crippen molar-refractivity contribution in [2.24, 2.45) is 0 Å². The van der Waals surface area contributed by atoms with Gasteiger partial charge in [0.25, 0.3) is 0 Å². The van der Waals surface area contributed by atoms with Crippen LogP contribution in [-0.2, 0) is 0 Å². The highest BCUT2D eigenvalue weighted by Crippen LogP contribution is 2.09. The van der Waals surface area contributed by atoms with Gasteiger partial charge in [0.05, 0.1) is 6.04 Å². The van der Waals surface area contributed by atoms with Crippen molar-refractivity contribution in [2.75, 3.05) is 13.6 Å². The zero-order valence-corrected chi connectivity index (χ0v) is 7.46. The van der Waals surface area contributed by atoms with E-state index in [-0.39, 0.29) is 0 Å². The summed E-state index contributed by atoms with van der Waals surface area (Å²) in [5.41, 5.74) is 1.36. The Morgan fingerprint density at radius 1 is 1.64 bits per heavy atom. The predicted octanol–water partition coefficient (Wildman–Crippen LogP) is 1.33. The van der Waals surface area contributed by atoms with Crippen molar-refractivity contribution in [3.8, 4) is 0 Å². The largest absolute Gasteiger partial charge is 0.383 e. The number of hydrogen-bond donors (Lipinski definition) is 1. The highest BCUT2D eigenvalue weighted by molar-refractivity contribution is 5.20. The fourth-order valence-electron chi connectivity index (χ4n) is 1.22. The molecule has 2 heteroatoms. The minimum Gasteiger partial charge on any atom is -0.383 e. The summed E-state index contributed by atoms with van der Waals surface area (Å²) in [4.78, 5) is 2.25. The first-order valence-electron chi connectivity index (χ1n) is 4.09. The standard InChI is InChI=1S/C9H16N2/c1-4-11(3)9-6-5-7-10-8(9)2/h5-8,10H,4H2,1-3H3. The predicted molar refractivity (Wildman–Crippen MR) is 48.1 cm³/mol. The van der Waals surface area contributed by atoms with Crippen molar-refractivity contribution in [2.45, 2.75) is 19.9 Å². The zero-order chi connectivity index (χ0) is 8.27. The monoisotopic (exact) mass is 152 g/mol. The summed E-state index contributed by atoms with van der Waals surface area (Å²) in [5.74, 6) is 0. The average molecular weight is 152 g/mol. The Morgan fingerprint density at radius 3 is 2.91 bits per heavy atom. The van der Waals surface area contributed by atoms with Gasteiger partial charge in [0.1, 0.15) is 0 Å². The smallest absolute Gasteiger partial charge is 0.0628 e. The van der Waals surface area contributed by atoms with Gasteiger partial charge >= 0.3 is 0 Å².